The molecule has 0 aromatic heterocycles. The summed E-state index contributed by atoms with van der Waals surface area (Å²) in [5.41, 5.74) is 0.387. The maximum Gasteiger partial charge on any atom is 0.409 e. The second-order valence-corrected chi connectivity index (χ2v) is 5.32. The second-order valence-electron chi connectivity index (χ2n) is 4.91. The van der Waals surface area contributed by atoms with Gasteiger partial charge in [0.05, 0.1) is 17.3 Å². The average molecular weight is 340 g/mol. The van der Waals surface area contributed by atoms with Gasteiger partial charge in [-0.15, -0.1) is 0 Å². The van der Waals surface area contributed by atoms with E-state index in [4.69, 9.17) is 16.3 Å². The first-order valence-electron chi connectivity index (χ1n) is 7.29. The standard InChI is InChI=1S/C15H18ClN3O4/c1-2-23-15(22)19-9-7-18(8-10-19)14(21)13(20)17-12-6-4-3-5-11(12)16/h3-6H,2,7-10H2,1H3,(H,17,20). The van der Waals surface area contributed by atoms with Gasteiger partial charge in [-0.1, -0.05) is 23.7 Å². The highest BCUT2D eigenvalue weighted by Crippen LogP contribution is 2.20. The van der Waals surface area contributed by atoms with E-state index in [-0.39, 0.29) is 13.1 Å². The number of piperazine rings is 1. The molecule has 2 rings (SSSR count). The smallest absolute Gasteiger partial charge is 0.409 e. The minimum atomic E-state index is -0.748. The van der Waals surface area contributed by atoms with Crippen molar-refractivity contribution < 1.29 is 19.1 Å². The lowest BCUT2D eigenvalue weighted by Crippen LogP contribution is -2.53. The van der Waals surface area contributed by atoms with Gasteiger partial charge in [-0.25, -0.2) is 4.79 Å². The average Bonchev–Trinajstić information content (AvgIpc) is 2.56. The maximum atomic E-state index is 12.2. The van der Waals surface area contributed by atoms with Crippen molar-refractivity contribution in [2.24, 2.45) is 0 Å². The fourth-order valence-electron chi connectivity index (χ4n) is 2.19. The van der Waals surface area contributed by atoms with Crippen LogP contribution in [0.4, 0.5) is 10.5 Å². The van der Waals surface area contributed by atoms with Gasteiger partial charge in [0.1, 0.15) is 0 Å². The van der Waals surface area contributed by atoms with Crippen LogP contribution in [0.5, 0.6) is 0 Å². The number of carbonyl (C=O) groups excluding carboxylic acids is 3. The zero-order chi connectivity index (χ0) is 16.8. The van der Waals surface area contributed by atoms with Crippen LogP contribution in [0.15, 0.2) is 24.3 Å². The molecule has 1 fully saturated rings. The van der Waals surface area contributed by atoms with E-state index >= 15 is 0 Å². The number of hydrogen-bond acceptors (Lipinski definition) is 4. The van der Waals surface area contributed by atoms with Gasteiger partial charge in [0, 0.05) is 26.2 Å². The molecule has 1 aromatic carbocycles. The summed E-state index contributed by atoms with van der Waals surface area (Å²) in [4.78, 5) is 38.7. The molecule has 1 saturated heterocycles. The fourth-order valence-corrected chi connectivity index (χ4v) is 2.37. The summed E-state index contributed by atoms with van der Waals surface area (Å²) in [6.07, 6.45) is -0.403. The quantitative estimate of drug-likeness (QED) is 0.830. The molecule has 3 amide bonds. The first-order valence-corrected chi connectivity index (χ1v) is 7.67. The van der Waals surface area contributed by atoms with E-state index in [2.05, 4.69) is 5.32 Å². The number of anilines is 1. The number of carbonyl (C=O) groups is 3. The van der Waals surface area contributed by atoms with Crippen LogP contribution in [0.25, 0.3) is 0 Å². The molecule has 124 valence electrons. The van der Waals surface area contributed by atoms with Crippen LogP contribution in [-0.4, -0.2) is 60.5 Å². The Morgan fingerprint density at radius 2 is 1.74 bits per heavy atom. The lowest BCUT2D eigenvalue weighted by atomic mass is 10.3. The van der Waals surface area contributed by atoms with Gasteiger partial charge >= 0.3 is 17.9 Å². The molecular formula is C15H18ClN3O4. The Balaban J connectivity index is 1.88. The largest absolute Gasteiger partial charge is 0.450 e. The first-order chi connectivity index (χ1) is 11.0. The Morgan fingerprint density at radius 1 is 1.13 bits per heavy atom. The minimum Gasteiger partial charge on any atom is -0.450 e. The van der Waals surface area contributed by atoms with Crippen molar-refractivity contribution in [3.8, 4) is 0 Å². The first kappa shape index (κ1) is 17.1. The molecule has 23 heavy (non-hydrogen) atoms. The van der Waals surface area contributed by atoms with Crippen molar-refractivity contribution in [3.63, 3.8) is 0 Å². The summed E-state index contributed by atoms with van der Waals surface area (Å²) in [5, 5.41) is 2.86. The Morgan fingerprint density at radius 3 is 2.35 bits per heavy atom. The summed E-state index contributed by atoms with van der Waals surface area (Å²) < 4.78 is 4.91. The Hall–Kier alpha value is -2.28. The van der Waals surface area contributed by atoms with Crippen LogP contribution < -0.4 is 5.32 Å². The normalized spacial score (nSPS) is 14.3. The lowest BCUT2D eigenvalue weighted by molar-refractivity contribution is -0.144. The van der Waals surface area contributed by atoms with Crippen LogP contribution in [0, 0.1) is 0 Å². The summed E-state index contributed by atoms with van der Waals surface area (Å²) in [7, 11) is 0. The number of rotatable bonds is 2. The maximum absolute atomic E-state index is 12.2. The van der Waals surface area contributed by atoms with Crippen LogP contribution >= 0.6 is 11.6 Å². The molecule has 8 heteroatoms. The highest BCUT2D eigenvalue weighted by Gasteiger charge is 2.28. The molecule has 1 aromatic rings. The number of hydrogen-bond donors (Lipinski definition) is 1. The third-order valence-electron chi connectivity index (χ3n) is 3.41. The predicted octanol–water partition coefficient (Wildman–Crippen LogP) is 1.58. The van der Waals surface area contributed by atoms with E-state index in [1.165, 1.54) is 9.80 Å². The summed E-state index contributed by atoms with van der Waals surface area (Å²) >= 11 is 5.94. The lowest BCUT2D eigenvalue weighted by Gasteiger charge is -2.33. The van der Waals surface area contributed by atoms with Crippen molar-refractivity contribution >= 4 is 35.2 Å². The van der Waals surface area contributed by atoms with Crippen LogP contribution in [0.2, 0.25) is 5.02 Å². The van der Waals surface area contributed by atoms with Gasteiger partial charge in [0.25, 0.3) is 0 Å². The monoisotopic (exact) mass is 339 g/mol. The third-order valence-corrected chi connectivity index (χ3v) is 3.74. The number of amides is 3. The minimum absolute atomic E-state index is 0.285. The van der Waals surface area contributed by atoms with E-state index in [9.17, 15) is 14.4 Å². The SMILES string of the molecule is CCOC(=O)N1CCN(C(=O)C(=O)Nc2ccccc2Cl)CC1. The Bertz CT molecular complexity index is 600. The molecule has 7 nitrogen and oxygen atoms in total. The van der Waals surface area contributed by atoms with Crippen LogP contribution in [0.1, 0.15) is 6.92 Å². The topological polar surface area (TPSA) is 79.0 Å². The molecule has 1 heterocycles. The summed E-state index contributed by atoms with van der Waals surface area (Å²) in [6, 6.07) is 6.68. The third kappa shape index (κ3) is 4.35. The van der Waals surface area contributed by atoms with E-state index in [1.807, 2.05) is 0 Å². The molecular weight excluding hydrogens is 322 g/mol. The van der Waals surface area contributed by atoms with Gasteiger partial charge in [0.15, 0.2) is 0 Å². The number of ether oxygens (including phenoxy) is 1. The highest BCUT2D eigenvalue weighted by atomic mass is 35.5. The second kappa shape index (κ2) is 7.82. The van der Waals surface area contributed by atoms with Crippen molar-refractivity contribution in [3.05, 3.63) is 29.3 Å². The Kier molecular flexibility index (Phi) is 5.81. The van der Waals surface area contributed by atoms with Gasteiger partial charge in [0.2, 0.25) is 0 Å². The molecule has 0 unspecified atom stereocenters. The molecule has 0 radical (unpaired) electrons. The number of benzene rings is 1. The van der Waals surface area contributed by atoms with E-state index in [1.54, 1.807) is 31.2 Å². The molecule has 0 saturated carbocycles. The van der Waals surface area contributed by atoms with Crippen LogP contribution in [0.3, 0.4) is 0 Å². The molecule has 0 aliphatic carbocycles. The van der Waals surface area contributed by atoms with Crippen molar-refractivity contribution in [1.29, 1.82) is 0 Å². The zero-order valence-electron chi connectivity index (χ0n) is 12.8. The van der Waals surface area contributed by atoms with E-state index in [0.29, 0.717) is 30.4 Å². The van der Waals surface area contributed by atoms with Crippen LogP contribution in [-0.2, 0) is 14.3 Å². The van der Waals surface area contributed by atoms with E-state index < -0.39 is 17.9 Å². The van der Waals surface area contributed by atoms with Crippen molar-refractivity contribution in [1.82, 2.24) is 9.80 Å². The number of nitrogens with one attached hydrogen (secondary N) is 1. The molecule has 0 spiro atoms. The summed E-state index contributed by atoms with van der Waals surface area (Å²) in [5.74, 6) is -1.39. The molecule has 1 aliphatic rings. The Labute approximate surface area is 139 Å². The number of halogens is 1. The van der Waals surface area contributed by atoms with Gasteiger partial charge < -0.3 is 19.9 Å². The molecule has 1 N–H and O–H groups in total. The van der Waals surface area contributed by atoms with Crippen molar-refractivity contribution in [2.75, 3.05) is 38.1 Å². The number of para-hydroxylation sites is 1. The highest BCUT2D eigenvalue weighted by molar-refractivity contribution is 6.41. The fraction of sp³-hybridized carbons (Fsp3) is 0.400. The van der Waals surface area contributed by atoms with Gasteiger partial charge in [-0.2, -0.15) is 0 Å². The van der Waals surface area contributed by atoms with Crippen molar-refractivity contribution in [2.45, 2.75) is 6.92 Å². The molecule has 0 atom stereocenters. The van der Waals surface area contributed by atoms with E-state index in [0.717, 1.165) is 0 Å². The number of nitrogens with zero attached hydrogens (tertiary/aromatic N) is 2. The molecule has 1 aliphatic heterocycles. The van der Waals surface area contributed by atoms with Gasteiger partial charge in [-0.05, 0) is 19.1 Å². The van der Waals surface area contributed by atoms with Gasteiger partial charge in [-0.3, -0.25) is 9.59 Å². The molecule has 0 bridgehead atoms. The summed E-state index contributed by atoms with van der Waals surface area (Å²) in [6.45, 7) is 3.28. The zero-order valence-corrected chi connectivity index (χ0v) is 13.5. The predicted molar refractivity (Wildman–Crippen MR) is 85.3 cm³/mol.